The second-order valence-corrected chi connectivity index (χ2v) is 6.38. The Morgan fingerprint density at radius 1 is 1.04 bits per heavy atom. The minimum Gasteiger partial charge on any atom is -0.487 e. The molecule has 1 aromatic heterocycles. The van der Waals surface area contributed by atoms with Gasteiger partial charge in [0.05, 0.1) is 12.2 Å². The van der Waals surface area contributed by atoms with Crippen LogP contribution in [-0.2, 0) is 13.2 Å². The molecule has 0 radical (unpaired) electrons. The van der Waals surface area contributed by atoms with Crippen LogP contribution in [-0.4, -0.2) is 10.9 Å². The SMILES string of the molecule is Cc1ccc(NC(N)=NCc2cccc(OCc3ccccn3)c2)cc1C. The van der Waals surface area contributed by atoms with Crippen LogP contribution in [0.15, 0.2) is 71.9 Å². The number of aromatic nitrogens is 1. The van der Waals surface area contributed by atoms with E-state index >= 15 is 0 Å². The van der Waals surface area contributed by atoms with Gasteiger partial charge in [-0.2, -0.15) is 0 Å². The van der Waals surface area contributed by atoms with Gasteiger partial charge in [0, 0.05) is 11.9 Å². The molecule has 3 aromatic rings. The maximum absolute atomic E-state index is 6.01. The second-order valence-electron chi connectivity index (χ2n) is 6.38. The summed E-state index contributed by atoms with van der Waals surface area (Å²) in [5.74, 6) is 1.17. The fourth-order valence-electron chi connectivity index (χ4n) is 2.56. The lowest BCUT2D eigenvalue weighted by Crippen LogP contribution is -2.22. The summed E-state index contributed by atoms with van der Waals surface area (Å²) >= 11 is 0. The molecule has 0 aliphatic heterocycles. The van der Waals surface area contributed by atoms with Crippen LogP contribution >= 0.6 is 0 Å². The minimum absolute atomic E-state index is 0.387. The molecule has 0 saturated heterocycles. The molecule has 0 amide bonds. The van der Waals surface area contributed by atoms with Crippen LogP contribution in [0.2, 0.25) is 0 Å². The molecular weight excluding hydrogens is 336 g/mol. The molecule has 0 aliphatic rings. The molecular formula is C22H24N4O. The van der Waals surface area contributed by atoms with E-state index in [1.807, 2.05) is 48.5 Å². The van der Waals surface area contributed by atoms with E-state index in [2.05, 4.69) is 41.3 Å². The highest BCUT2D eigenvalue weighted by molar-refractivity contribution is 5.92. The van der Waals surface area contributed by atoms with Gasteiger partial charge in [0.2, 0.25) is 0 Å². The van der Waals surface area contributed by atoms with Crippen molar-refractivity contribution in [2.24, 2.45) is 10.7 Å². The largest absolute Gasteiger partial charge is 0.487 e. The van der Waals surface area contributed by atoms with E-state index in [1.54, 1.807) is 6.20 Å². The predicted octanol–water partition coefficient (Wildman–Crippen LogP) is 4.20. The molecule has 0 bridgehead atoms. The van der Waals surface area contributed by atoms with E-state index in [9.17, 15) is 0 Å². The lowest BCUT2D eigenvalue weighted by molar-refractivity contribution is 0.301. The third-order valence-electron chi connectivity index (χ3n) is 4.22. The third-order valence-corrected chi connectivity index (χ3v) is 4.22. The van der Waals surface area contributed by atoms with Crippen LogP contribution in [0.1, 0.15) is 22.4 Å². The van der Waals surface area contributed by atoms with Gasteiger partial charge in [-0.25, -0.2) is 4.99 Å². The van der Waals surface area contributed by atoms with Crippen LogP contribution in [0.4, 0.5) is 5.69 Å². The van der Waals surface area contributed by atoms with Gasteiger partial charge in [0.1, 0.15) is 12.4 Å². The highest BCUT2D eigenvalue weighted by atomic mass is 16.5. The number of aliphatic imine (C=N–C) groups is 1. The summed E-state index contributed by atoms with van der Waals surface area (Å²) in [5.41, 5.74) is 11.3. The van der Waals surface area contributed by atoms with Crippen LogP contribution in [0.5, 0.6) is 5.75 Å². The van der Waals surface area contributed by atoms with Crippen molar-refractivity contribution in [2.45, 2.75) is 27.0 Å². The number of anilines is 1. The van der Waals surface area contributed by atoms with Crippen molar-refractivity contribution in [1.29, 1.82) is 0 Å². The highest BCUT2D eigenvalue weighted by Gasteiger charge is 2.01. The van der Waals surface area contributed by atoms with Gasteiger partial charge >= 0.3 is 0 Å². The van der Waals surface area contributed by atoms with Crippen molar-refractivity contribution >= 4 is 11.6 Å². The van der Waals surface area contributed by atoms with Crippen LogP contribution in [0.25, 0.3) is 0 Å². The summed E-state index contributed by atoms with van der Waals surface area (Å²) in [6.07, 6.45) is 1.76. The smallest absolute Gasteiger partial charge is 0.193 e. The summed E-state index contributed by atoms with van der Waals surface area (Å²) in [7, 11) is 0. The van der Waals surface area contributed by atoms with E-state index in [1.165, 1.54) is 11.1 Å². The Kier molecular flexibility index (Phi) is 6.05. The Hall–Kier alpha value is -3.34. The number of nitrogens with zero attached hydrogens (tertiary/aromatic N) is 2. The van der Waals surface area contributed by atoms with E-state index in [0.717, 1.165) is 22.7 Å². The monoisotopic (exact) mass is 360 g/mol. The summed E-state index contributed by atoms with van der Waals surface area (Å²) < 4.78 is 5.80. The molecule has 0 fully saturated rings. The zero-order valence-electron chi connectivity index (χ0n) is 15.6. The van der Waals surface area contributed by atoms with E-state index in [4.69, 9.17) is 10.5 Å². The zero-order valence-corrected chi connectivity index (χ0v) is 15.6. The molecule has 5 nitrogen and oxygen atoms in total. The summed E-state index contributed by atoms with van der Waals surface area (Å²) in [5, 5.41) is 3.13. The Bertz CT molecular complexity index is 923. The summed E-state index contributed by atoms with van der Waals surface area (Å²) in [6.45, 7) is 5.07. The molecule has 0 spiro atoms. The van der Waals surface area contributed by atoms with Gasteiger partial charge < -0.3 is 15.8 Å². The Balaban J connectivity index is 1.58. The average molecular weight is 360 g/mol. The van der Waals surface area contributed by atoms with Gasteiger partial charge in [-0.05, 0) is 66.9 Å². The fourth-order valence-corrected chi connectivity index (χ4v) is 2.56. The number of ether oxygens (including phenoxy) is 1. The number of hydrogen-bond donors (Lipinski definition) is 2. The molecule has 3 rings (SSSR count). The third kappa shape index (κ3) is 5.57. The molecule has 138 valence electrons. The van der Waals surface area contributed by atoms with Crippen molar-refractivity contribution < 1.29 is 4.74 Å². The predicted molar refractivity (Wildman–Crippen MR) is 110 cm³/mol. The van der Waals surface area contributed by atoms with Gasteiger partial charge in [-0.3, -0.25) is 4.98 Å². The fraction of sp³-hybridized carbons (Fsp3) is 0.182. The summed E-state index contributed by atoms with van der Waals surface area (Å²) in [4.78, 5) is 8.67. The molecule has 0 saturated carbocycles. The molecule has 27 heavy (non-hydrogen) atoms. The number of rotatable bonds is 6. The first-order chi connectivity index (χ1) is 13.1. The normalized spacial score (nSPS) is 11.3. The Morgan fingerprint density at radius 2 is 1.93 bits per heavy atom. The first-order valence-electron chi connectivity index (χ1n) is 8.86. The molecule has 1 heterocycles. The first-order valence-corrected chi connectivity index (χ1v) is 8.86. The van der Waals surface area contributed by atoms with Crippen LogP contribution in [0, 0.1) is 13.8 Å². The standard InChI is InChI=1S/C22H24N4O/c1-16-9-10-19(12-17(16)2)26-22(23)25-14-18-6-5-8-21(13-18)27-15-20-7-3-4-11-24-20/h3-13H,14-15H2,1-2H3,(H3,23,25,26). The lowest BCUT2D eigenvalue weighted by atomic mass is 10.1. The van der Waals surface area contributed by atoms with Gasteiger partial charge in [-0.1, -0.05) is 24.3 Å². The maximum atomic E-state index is 6.01. The van der Waals surface area contributed by atoms with E-state index in [0.29, 0.717) is 19.1 Å². The quantitative estimate of drug-likeness (QED) is 0.510. The highest BCUT2D eigenvalue weighted by Crippen LogP contribution is 2.16. The van der Waals surface area contributed by atoms with Crippen molar-refractivity contribution in [3.05, 3.63) is 89.2 Å². The van der Waals surface area contributed by atoms with Gasteiger partial charge in [0.15, 0.2) is 5.96 Å². The number of aryl methyl sites for hydroxylation is 2. The van der Waals surface area contributed by atoms with Crippen LogP contribution in [0.3, 0.4) is 0 Å². The van der Waals surface area contributed by atoms with Crippen molar-refractivity contribution in [3.8, 4) is 5.75 Å². The van der Waals surface area contributed by atoms with Gasteiger partial charge in [0.25, 0.3) is 0 Å². The van der Waals surface area contributed by atoms with Crippen LogP contribution < -0.4 is 15.8 Å². The summed E-state index contributed by atoms with van der Waals surface area (Å²) in [6, 6.07) is 19.7. The molecule has 0 unspecified atom stereocenters. The lowest BCUT2D eigenvalue weighted by Gasteiger charge is -2.09. The molecule has 2 aromatic carbocycles. The van der Waals surface area contributed by atoms with E-state index in [-0.39, 0.29) is 0 Å². The molecule has 3 N–H and O–H groups in total. The number of benzene rings is 2. The second kappa shape index (κ2) is 8.85. The Morgan fingerprint density at radius 3 is 2.70 bits per heavy atom. The Labute approximate surface area is 159 Å². The maximum Gasteiger partial charge on any atom is 0.193 e. The minimum atomic E-state index is 0.387. The number of nitrogens with one attached hydrogen (secondary N) is 1. The van der Waals surface area contributed by atoms with Crippen molar-refractivity contribution in [2.75, 3.05) is 5.32 Å². The van der Waals surface area contributed by atoms with Crippen molar-refractivity contribution in [3.63, 3.8) is 0 Å². The molecule has 0 aliphatic carbocycles. The number of pyridine rings is 1. The number of guanidine groups is 1. The van der Waals surface area contributed by atoms with E-state index < -0.39 is 0 Å². The average Bonchev–Trinajstić information content (AvgIpc) is 2.69. The molecule has 5 heteroatoms. The zero-order chi connectivity index (χ0) is 19.1. The number of nitrogens with two attached hydrogens (primary N) is 1. The first kappa shape index (κ1) is 18.5. The topological polar surface area (TPSA) is 72.5 Å². The number of hydrogen-bond acceptors (Lipinski definition) is 3. The van der Waals surface area contributed by atoms with Gasteiger partial charge in [-0.15, -0.1) is 0 Å². The molecule has 0 atom stereocenters. The van der Waals surface area contributed by atoms with Crippen molar-refractivity contribution in [1.82, 2.24) is 4.98 Å².